The van der Waals surface area contributed by atoms with Crippen LogP contribution in [0.4, 0.5) is 0 Å². The van der Waals surface area contributed by atoms with Crippen LogP contribution in [0, 0.1) is 0 Å². The number of hydrogen-bond acceptors (Lipinski definition) is 7. The van der Waals surface area contributed by atoms with Crippen molar-refractivity contribution in [2.45, 2.75) is 58.3 Å². The maximum Gasteiger partial charge on any atom is 0.292 e. The van der Waals surface area contributed by atoms with E-state index in [2.05, 4.69) is 37.7 Å². The number of oxime groups is 1. The van der Waals surface area contributed by atoms with Crippen LogP contribution < -0.4 is 0 Å². The molecule has 3 aromatic rings. The monoisotopic (exact) mass is 379 g/mol. The maximum absolute atomic E-state index is 5.63. The number of tetrazole rings is 1. The number of benzene rings is 1. The third-order valence-electron chi connectivity index (χ3n) is 4.98. The van der Waals surface area contributed by atoms with Gasteiger partial charge in [0.15, 0.2) is 0 Å². The molecule has 0 spiro atoms. The Morgan fingerprint density at radius 1 is 0.929 bits per heavy atom. The second kappa shape index (κ2) is 8.86. The van der Waals surface area contributed by atoms with E-state index in [-0.39, 0.29) is 0 Å². The van der Waals surface area contributed by atoms with Gasteiger partial charge in [0, 0.05) is 11.1 Å². The van der Waals surface area contributed by atoms with Crippen molar-refractivity contribution in [1.29, 1.82) is 0 Å². The molecular weight excluding hydrogens is 354 g/mol. The van der Waals surface area contributed by atoms with Crippen molar-refractivity contribution in [3.63, 3.8) is 0 Å². The molecule has 0 unspecified atom stereocenters. The molecule has 0 saturated heterocycles. The van der Waals surface area contributed by atoms with E-state index < -0.39 is 0 Å². The zero-order valence-electron chi connectivity index (χ0n) is 16.2. The molecule has 1 aliphatic carbocycles. The van der Waals surface area contributed by atoms with Crippen LogP contribution in [0.3, 0.4) is 0 Å². The lowest BCUT2D eigenvalue weighted by Gasteiger charge is -2.03. The fourth-order valence-corrected chi connectivity index (χ4v) is 3.48. The van der Waals surface area contributed by atoms with Gasteiger partial charge in [0.05, 0.1) is 0 Å². The van der Waals surface area contributed by atoms with Gasteiger partial charge in [0.25, 0.3) is 5.78 Å². The largest absolute Gasteiger partial charge is 0.395 e. The Labute approximate surface area is 164 Å². The molecule has 0 N–H and O–H groups in total. The van der Waals surface area contributed by atoms with Crippen LogP contribution in [0.2, 0.25) is 0 Å². The fourth-order valence-electron chi connectivity index (χ4n) is 3.48. The topological polar surface area (TPSA) is 90.5 Å². The highest BCUT2D eigenvalue weighted by atomic mass is 16.6. The number of hydrogen-bond donors (Lipinski definition) is 0. The smallest absolute Gasteiger partial charge is 0.292 e. The number of aromatic nitrogens is 6. The lowest BCUT2D eigenvalue weighted by Crippen LogP contribution is -2.07. The summed E-state index contributed by atoms with van der Waals surface area (Å²) in [5, 5.41) is 20.2. The minimum Gasteiger partial charge on any atom is -0.395 e. The summed E-state index contributed by atoms with van der Waals surface area (Å²) in [5.41, 5.74) is 4.03. The second-order valence-electron chi connectivity index (χ2n) is 7.07. The number of fused-ring (bicyclic) bond motifs is 4. The third kappa shape index (κ3) is 3.85. The molecular formula is C20H25N7O. The van der Waals surface area contributed by atoms with Gasteiger partial charge in [-0.05, 0) is 23.3 Å². The summed E-state index contributed by atoms with van der Waals surface area (Å²) in [4.78, 5) is 10.2. The Kier molecular flexibility index (Phi) is 5.84. The van der Waals surface area contributed by atoms with Crippen molar-refractivity contribution in [1.82, 2.24) is 30.2 Å². The average Bonchev–Trinajstić information content (AvgIpc) is 3.30. The van der Waals surface area contributed by atoms with Gasteiger partial charge in [-0.2, -0.15) is 0 Å². The lowest BCUT2D eigenvalue weighted by atomic mass is 10.1. The van der Waals surface area contributed by atoms with Crippen molar-refractivity contribution in [2.75, 3.05) is 6.61 Å². The Morgan fingerprint density at radius 3 is 2.50 bits per heavy atom. The molecule has 8 nitrogen and oxygen atoms in total. The molecule has 0 atom stereocenters. The number of nitrogens with zero attached hydrogens (tertiary/aromatic N) is 7. The molecule has 0 fully saturated rings. The predicted molar refractivity (Wildman–Crippen MR) is 106 cm³/mol. The van der Waals surface area contributed by atoms with Crippen LogP contribution in [-0.2, 0) is 4.84 Å². The zero-order valence-corrected chi connectivity index (χ0v) is 16.2. The molecule has 0 aliphatic heterocycles. The van der Waals surface area contributed by atoms with E-state index in [1.54, 1.807) is 0 Å². The molecule has 0 saturated carbocycles. The standard InChI is InChI=1S/C20H25N7O/c1-2-3-4-5-6-7-8-11-14-28-24-18-16-13-10-9-12-15(16)17-19(18)21-20-22-25-26-27(20)23-17/h9-10,12-13H,2-8,11,14H2,1H3. The van der Waals surface area contributed by atoms with Crippen LogP contribution in [0.1, 0.15) is 69.5 Å². The summed E-state index contributed by atoms with van der Waals surface area (Å²) in [7, 11) is 0. The Balaban J connectivity index is 1.38. The molecule has 2 heterocycles. The van der Waals surface area contributed by atoms with Crippen LogP contribution in [-0.4, -0.2) is 42.6 Å². The Bertz CT molecular complexity index is 966. The fraction of sp³-hybridized carbons (Fsp3) is 0.500. The van der Waals surface area contributed by atoms with Crippen LogP contribution in [0.15, 0.2) is 29.4 Å². The molecule has 1 aromatic carbocycles. The van der Waals surface area contributed by atoms with Crippen molar-refractivity contribution in [3.05, 3.63) is 35.5 Å². The summed E-state index contributed by atoms with van der Waals surface area (Å²) >= 11 is 0. The molecule has 0 bridgehead atoms. The zero-order chi connectivity index (χ0) is 19.2. The first-order valence-electron chi connectivity index (χ1n) is 10.1. The van der Waals surface area contributed by atoms with Gasteiger partial charge < -0.3 is 4.84 Å². The second-order valence-corrected chi connectivity index (χ2v) is 7.07. The van der Waals surface area contributed by atoms with Crippen LogP contribution in [0.5, 0.6) is 0 Å². The summed E-state index contributed by atoms with van der Waals surface area (Å²) in [6.45, 7) is 2.86. The predicted octanol–water partition coefficient (Wildman–Crippen LogP) is 3.80. The van der Waals surface area contributed by atoms with E-state index in [0.29, 0.717) is 23.8 Å². The van der Waals surface area contributed by atoms with Crippen molar-refractivity contribution >= 4 is 11.5 Å². The van der Waals surface area contributed by atoms with Gasteiger partial charge in [0.1, 0.15) is 23.7 Å². The van der Waals surface area contributed by atoms with Crippen LogP contribution >= 0.6 is 0 Å². The van der Waals surface area contributed by atoms with Gasteiger partial charge in [-0.1, -0.05) is 84.6 Å². The van der Waals surface area contributed by atoms with E-state index in [4.69, 9.17) is 4.84 Å². The van der Waals surface area contributed by atoms with Gasteiger partial charge in [-0.3, -0.25) is 0 Å². The first-order valence-corrected chi connectivity index (χ1v) is 10.1. The van der Waals surface area contributed by atoms with Crippen LogP contribution in [0.25, 0.3) is 17.0 Å². The molecule has 8 heteroatoms. The summed E-state index contributed by atoms with van der Waals surface area (Å²) in [6.07, 6.45) is 10.1. The maximum atomic E-state index is 5.63. The first kappa shape index (κ1) is 18.5. The van der Waals surface area contributed by atoms with Gasteiger partial charge >= 0.3 is 0 Å². The van der Waals surface area contributed by atoms with Gasteiger partial charge in [0.2, 0.25) is 0 Å². The molecule has 0 amide bonds. The number of unbranched alkanes of at least 4 members (excludes halogenated alkanes) is 7. The molecule has 1 aliphatic rings. The Morgan fingerprint density at radius 2 is 1.68 bits per heavy atom. The van der Waals surface area contributed by atoms with E-state index in [9.17, 15) is 0 Å². The first-order chi connectivity index (χ1) is 13.9. The lowest BCUT2D eigenvalue weighted by molar-refractivity contribution is 0.140. The van der Waals surface area contributed by atoms with Gasteiger partial charge in [-0.25, -0.2) is 4.98 Å². The summed E-state index contributed by atoms with van der Waals surface area (Å²) in [6, 6.07) is 7.95. The normalized spacial score (nSPS) is 13.8. The molecule has 146 valence electrons. The highest BCUT2D eigenvalue weighted by molar-refractivity contribution is 6.22. The molecule has 0 radical (unpaired) electrons. The van der Waals surface area contributed by atoms with E-state index in [0.717, 1.165) is 23.2 Å². The van der Waals surface area contributed by atoms with E-state index in [1.807, 2.05) is 24.3 Å². The summed E-state index contributed by atoms with van der Waals surface area (Å²) in [5.74, 6) is 0.349. The van der Waals surface area contributed by atoms with E-state index in [1.165, 1.54) is 49.6 Å². The van der Waals surface area contributed by atoms with Crippen molar-refractivity contribution in [3.8, 4) is 11.3 Å². The third-order valence-corrected chi connectivity index (χ3v) is 4.98. The highest BCUT2D eigenvalue weighted by Crippen LogP contribution is 2.34. The minimum atomic E-state index is 0.349. The quantitative estimate of drug-likeness (QED) is 0.307. The highest BCUT2D eigenvalue weighted by Gasteiger charge is 2.29. The van der Waals surface area contributed by atoms with Crippen molar-refractivity contribution in [2.24, 2.45) is 5.16 Å². The van der Waals surface area contributed by atoms with Crippen molar-refractivity contribution < 1.29 is 4.84 Å². The van der Waals surface area contributed by atoms with Gasteiger partial charge in [-0.15, -0.1) is 5.10 Å². The summed E-state index contributed by atoms with van der Waals surface area (Å²) < 4.78 is 1.33. The number of rotatable bonds is 10. The minimum absolute atomic E-state index is 0.349. The average molecular weight is 379 g/mol. The molecule has 4 rings (SSSR count). The molecule has 28 heavy (non-hydrogen) atoms. The Hall–Kier alpha value is -2.90. The van der Waals surface area contributed by atoms with E-state index >= 15 is 0 Å². The molecule has 2 aromatic heterocycles. The SMILES string of the molecule is CCCCCCCCCCON=C1c2ccccc2-c2nn3nnnc3nc21.